The molecule has 0 rings (SSSR count). The molecule has 0 bridgehead atoms. The van der Waals surface area contributed by atoms with Gasteiger partial charge in [0.05, 0.1) is 0 Å². The van der Waals surface area contributed by atoms with Gasteiger partial charge in [0, 0.05) is 0 Å². The maximum Gasteiger partial charge on any atom is 0.109 e. The van der Waals surface area contributed by atoms with Gasteiger partial charge in [-0.2, -0.15) is 4.65 Å². The second-order valence-corrected chi connectivity index (χ2v) is 3.16. The largest absolute Gasteiger partial charge is 0.217 e. The van der Waals surface area contributed by atoms with E-state index in [1.807, 2.05) is 13.8 Å². The van der Waals surface area contributed by atoms with E-state index in [9.17, 15) is 5.21 Å². The third-order valence-corrected chi connectivity index (χ3v) is 2.36. The predicted molar refractivity (Wildman–Crippen MR) is 47.5 cm³/mol. The van der Waals surface area contributed by atoms with Crippen LogP contribution in [0.2, 0.25) is 0 Å². The van der Waals surface area contributed by atoms with Gasteiger partial charge in [0.2, 0.25) is 0 Å². The Morgan fingerprint density at radius 2 is 1.55 bits per heavy atom. The Morgan fingerprint density at radius 1 is 1.00 bits per heavy atom. The van der Waals surface area contributed by atoms with Crippen molar-refractivity contribution in [1.29, 1.82) is 0 Å². The highest BCUT2D eigenvalue weighted by Crippen LogP contribution is 2.05. The summed E-state index contributed by atoms with van der Waals surface area (Å²) >= 11 is 0. The number of hydrogen-bond donors (Lipinski definition) is 1. The number of rotatable bonds is 6. The van der Waals surface area contributed by atoms with Crippen LogP contribution >= 0.6 is 0 Å². The smallest absolute Gasteiger partial charge is 0.109 e. The van der Waals surface area contributed by atoms with Gasteiger partial charge < -0.3 is 0 Å². The van der Waals surface area contributed by atoms with Crippen LogP contribution in [0.5, 0.6) is 0 Å². The highest BCUT2D eigenvalue weighted by Gasteiger charge is 2.18. The fourth-order valence-corrected chi connectivity index (χ4v) is 1.20. The summed E-state index contributed by atoms with van der Waals surface area (Å²) in [5.41, 5.74) is 0. The lowest BCUT2D eigenvalue weighted by Gasteiger charge is -2.27. The van der Waals surface area contributed by atoms with Crippen molar-refractivity contribution in [3.63, 3.8) is 0 Å². The van der Waals surface area contributed by atoms with Crippen LogP contribution in [-0.4, -0.2) is 29.5 Å². The number of quaternary nitrogens is 1. The molecule has 0 unspecified atom stereocenters. The molecule has 0 saturated carbocycles. The molecule has 0 aliphatic rings. The summed E-state index contributed by atoms with van der Waals surface area (Å²) in [6, 6.07) is 0. The van der Waals surface area contributed by atoms with E-state index in [1.54, 1.807) is 0 Å². The van der Waals surface area contributed by atoms with Crippen molar-refractivity contribution in [1.82, 2.24) is 0 Å². The van der Waals surface area contributed by atoms with E-state index in [4.69, 9.17) is 0 Å². The van der Waals surface area contributed by atoms with Gasteiger partial charge in [0.15, 0.2) is 0 Å². The van der Waals surface area contributed by atoms with Crippen LogP contribution in [0.25, 0.3) is 0 Å². The Hall–Kier alpha value is -0.0800. The first-order valence-electron chi connectivity index (χ1n) is 4.77. The van der Waals surface area contributed by atoms with E-state index in [2.05, 4.69) is 6.92 Å². The summed E-state index contributed by atoms with van der Waals surface area (Å²) < 4.78 is 0.250. The number of nitrogens with zero attached hydrogens (tertiary/aromatic N) is 1. The summed E-state index contributed by atoms with van der Waals surface area (Å²) in [5.74, 6) is 0. The normalized spacial score (nSPS) is 12.0. The van der Waals surface area contributed by atoms with Crippen LogP contribution in [0, 0.1) is 0 Å². The molecular formula is C9H22NO+. The quantitative estimate of drug-likeness (QED) is 0.359. The Labute approximate surface area is 70.4 Å². The fourth-order valence-electron chi connectivity index (χ4n) is 1.20. The van der Waals surface area contributed by atoms with Crippen LogP contribution in [0.4, 0.5) is 0 Å². The van der Waals surface area contributed by atoms with Crippen LogP contribution in [0.1, 0.15) is 40.0 Å². The van der Waals surface area contributed by atoms with Crippen LogP contribution in [0.15, 0.2) is 0 Å². The third kappa shape index (κ3) is 4.38. The van der Waals surface area contributed by atoms with E-state index in [0.29, 0.717) is 0 Å². The maximum absolute atomic E-state index is 9.79. The SMILES string of the molecule is CCCCC[N+](O)(CC)CC. The van der Waals surface area contributed by atoms with E-state index in [1.165, 1.54) is 12.8 Å². The van der Waals surface area contributed by atoms with Gasteiger partial charge in [0.25, 0.3) is 0 Å². The van der Waals surface area contributed by atoms with Crippen molar-refractivity contribution in [2.75, 3.05) is 19.6 Å². The highest BCUT2D eigenvalue weighted by atomic mass is 16.5. The van der Waals surface area contributed by atoms with Crippen LogP contribution < -0.4 is 0 Å². The molecule has 0 fully saturated rings. The average Bonchev–Trinajstić information content (AvgIpc) is 2.05. The molecule has 0 saturated heterocycles. The minimum absolute atomic E-state index is 0.250. The zero-order chi connectivity index (χ0) is 8.74. The lowest BCUT2D eigenvalue weighted by atomic mass is 10.2. The molecule has 1 N–H and O–H groups in total. The molecule has 0 spiro atoms. The first-order chi connectivity index (χ1) is 5.18. The second kappa shape index (κ2) is 5.56. The van der Waals surface area contributed by atoms with Gasteiger partial charge in [-0.15, -0.1) is 0 Å². The monoisotopic (exact) mass is 160 g/mol. The van der Waals surface area contributed by atoms with Gasteiger partial charge in [-0.1, -0.05) is 13.3 Å². The number of hydroxylamine groups is 3. The highest BCUT2D eigenvalue weighted by molar-refractivity contribution is 4.36. The second-order valence-electron chi connectivity index (χ2n) is 3.16. The van der Waals surface area contributed by atoms with E-state index in [-0.39, 0.29) is 4.65 Å². The van der Waals surface area contributed by atoms with E-state index in [0.717, 1.165) is 26.1 Å². The van der Waals surface area contributed by atoms with Gasteiger partial charge >= 0.3 is 0 Å². The van der Waals surface area contributed by atoms with Crippen molar-refractivity contribution >= 4 is 0 Å². The molecule has 0 heterocycles. The zero-order valence-electron chi connectivity index (χ0n) is 8.14. The summed E-state index contributed by atoms with van der Waals surface area (Å²) in [7, 11) is 0. The zero-order valence-corrected chi connectivity index (χ0v) is 8.14. The first kappa shape index (κ1) is 10.9. The Kier molecular flexibility index (Phi) is 5.51. The topological polar surface area (TPSA) is 20.2 Å². The fraction of sp³-hybridized carbons (Fsp3) is 1.00. The van der Waals surface area contributed by atoms with E-state index < -0.39 is 0 Å². The Bertz CT molecular complexity index is 89.6. The summed E-state index contributed by atoms with van der Waals surface area (Å²) in [4.78, 5) is 0. The summed E-state index contributed by atoms with van der Waals surface area (Å²) in [6.07, 6.45) is 3.61. The lowest BCUT2D eigenvalue weighted by molar-refractivity contribution is -1.10. The first-order valence-corrected chi connectivity index (χ1v) is 4.77. The lowest BCUT2D eigenvalue weighted by Crippen LogP contribution is -2.44. The molecule has 68 valence electrons. The molecule has 0 amide bonds. The standard InChI is InChI=1S/C9H22NO/c1-4-7-8-9-10(11,5-2)6-3/h11H,4-9H2,1-3H3/q+1. The molecule has 0 aromatic heterocycles. The summed E-state index contributed by atoms with van der Waals surface area (Å²) in [6.45, 7) is 8.84. The van der Waals surface area contributed by atoms with Gasteiger partial charge in [-0.25, -0.2) is 5.21 Å². The molecule has 0 aromatic carbocycles. The Balaban J connectivity index is 3.51. The molecule has 11 heavy (non-hydrogen) atoms. The van der Waals surface area contributed by atoms with E-state index >= 15 is 0 Å². The Morgan fingerprint density at radius 3 is 1.91 bits per heavy atom. The number of unbranched alkanes of at least 4 members (excludes halogenated alkanes) is 2. The molecule has 0 aromatic rings. The molecule has 2 heteroatoms. The number of hydrogen-bond acceptors (Lipinski definition) is 1. The summed E-state index contributed by atoms with van der Waals surface area (Å²) in [5, 5.41) is 9.79. The minimum atomic E-state index is 0.250. The molecule has 2 nitrogen and oxygen atoms in total. The minimum Gasteiger partial charge on any atom is -0.217 e. The van der Waals surface area contributed by atoms with Gasteiger partial charge in [0.1, 0.15) is 19.6 Å². The predicted octanol–water partition coefficient (Wildman–Crippen LogP) is 2.42. The van der Waals surface area contributed by atoms with Crippen molar-refractivity contribution in [3.05, 3.63) is 0 Å². The van der Waals surface area contributed by atoms with Gasteiger partial charge in [-0.05, 0) is 26.7 Å². The van der Waals surface area contributed by atoms with Crippen molar-refractivity contribution in [2.45, 2.75) is 40.0 Å². The molecular weight excluding hydrogens is 138 g/mol. The van der Waals surface area contributed by atoms with Crippen molar-refractivity contribution in [3.8, 4) is 0 Å². The van der Waals surface area contributed by atoms with Crippen LogP contribution in [0.3, 0.4) is 0 Å². The van der Waals surface area contributed by atoms with Crippen LogP contribution in [-0.2, 0) is 0 Å². The maximum atomic E-state index is 9.79. The molecule has 0 atom stereocenters. The third-order valence-electron chi connectivity index (χ3n) is 2.36. The van der Waals surface area contributed by atoms with Crippen molar-refractivity contribution in [2.24, 2.45) is 0 Å². The average molecular weight is 160 g/mol. The molecule has 0 aliphatic heterocycles. The molecule has 0 radical (unpaired) electrons. The molecule has 0 aliphatic carbocycles. The van der Waals surface area contributed by atoms with Gasteiger partial charge in [-0.3, -0.25) is 0 Å². The van der Waals surface area contributed by atoms with Crippen molar-refractivity contribution < 1.29 is 9.85 Å².